The smallest absolute Gasteiger partial charge is 0.175 e. The molecule has 5 heteroatoms. The Balaban J connectivity index is 2.16. The standard InChI is InChI=1S/C17H15NO3S/c1-21-16-11-13-5-3-4-6-15(13)18-17(16)12-7-9-14(10-8-12)22(2,19)20/h3-11H,1-2H3. The summed E-state index contributed by atoms with van der Waals surface area (Å²) >= 11 is 0. The average molecular weight is 313 g/mol. The van der Waals surface area contributed by atoms with Crippen LogP contribution in [0.2, 0.25) is 0 Å². The molecular weight excluding hydrogens is 298 g/mol. The molecular formula is C17H15NO3S. The fourth-order valence-corrected chi connectivity index (χ4v) is 2.95. The van der Waals surface area contributed by atoms with Crippen molar-refractivity contribution in [2.45, 2.75) is 4.90 Å². The molecule has 0 amide bonds. The van der Waals surface area contributed by atoms with Crippen molar-refractivity contribution in [1.29, 1.82) is 0 Å². The lowest BCUT2D eigenvalue weighted by Gasteiger charge is -2.10. The van der Waals surface area contributed by atoms with Gasteiger partial charge in [0.05, 0.1) is 17.5 Å². The Morgan fingerprint density at radius 2 is 1.68 bits per heavy atom. The van der Waals surface area contributed by atoms with E-state index < -0.39 is 9.84 Å². The van der Waals surface area contributed by atoms with Gasteiger partial charge < -0.3 is 4.74 Å². The molecule has 0 unspecified atom stereocenters. The molecule has 0 saturated carbocycles. The predicted octanol–water partition coefficient (Wildman–Crippen LogP) is 3.31. The summed E-state index contributed by atoms with van der Waals surface area (Å²) in [6.45, 7) is 0. The summed E-state index contributed by atoms with van der Waals surface area (Å²) in [5, 5.41) is 0.996. The van der Waals surface area contributed by atoms with Gasteiger partial charge in [-0.3, -0.25) is 0 Å². The summed E-state index contributed by atoms with van der Waals surface area (Å²) < 4.78 is 28.5. The van der Waals surface area contributed by atoms with Gasteiger partial charge in [-0.15, -0.1) is 0 Å². The van der Waals surface area contributed by atoms with Crippen molar-refractivity contribution in [2.75, 3.05) is 13.4 Å². The highest BCUT2D eigenvalue weighted by Crippen LogP contribution is 2.31. The molecule has 22 heavy (non-hydrogen) atoms. The second-order valence-electron chi connectivity index (χ2n) is 5.03. The molecule has 0 bridgehead atoms. The van der Waals surface area contributed by atoms with E-state index in [9.17, 15) is 8.42 Å². The van der Waals surface area contributed by atoms with Crippen LogP contribution < -0.4 is 4.74 Å². The molecule has 0 saturated heterocycles. The van der Waals surface area contributed by atoms with E-state index in [1.165, 1.54) is 6.26 Å². The Hall–Kier alpha value is -2.40. The molecule has 2 aromatic carbocycles. The van der Waals surface area contributed by atoms with Crippen LogP contribution in [0.15, 0.2) is 59.5 Å². The van der Waals surface area contributed by atoms with Crippen LogP contribution in [0.4, 0.5) is 0 Å². The van der Waals surface area contributed by atoms with Gasteiger partial charge in [0.1, 0.15) is 11.4 Å². The number of fused-ring (bicyclic) bond motifs is 1. The summed E-state index contributed by atoms with van der Waals surface area (Å²) in [7, 11) is -1.61. The van der Waals surface area contributed by atoms with Crippen molar-refractivity contribution in [1.82, 2.24) is 4.98 Å². The molecule has 4 nitrogen and oxygen atoms in total. The van der Waals surface area contributed by atoms with Crippen molar-refractivity contribution in [3.8, 4) is 17.0 Å². The zero-order valence-corrected chi connectivity index (χ0v) is 13.1. The maximum atomic E-state index is 11.5. The number of aromatic nitrogens is 1. The molecule has 0 aliphatic heterocycles. The van der Waals surface area contributed by atoms with E-state index in [0.717, 1.165) is 16.5 Å². The second-order valence-corrected chi connectivity index (χ2v) is 7.04. The van der Waals surface area contributed by atoms with Crippen LogP contribution in [-0.4, -0.2) is 26.8 Å². The number of rotatable bonds is 3. The topological polar surface area (TPSA) is 56.3 Å². The summed E-state index contributed by atoms with van der Waals surface area (Å²) in [6.07, 6.45) is 1.19. The highest BCUT2D eigenvalue weighted by molar-refractivity contribution is 7.90. The molecule has 1 aromatic heterocycles. The Labute approximate surface area is 129 Å². The number of nitrogens with zero attached hydrogens (tertiary/aromatic N) is 1. The number of benzene rings is 2. The van der Waals surface area contributed by atoms with Gasteiger partial charge in [-0.25, -0.2) is 13.4 Å². The van der Waals surface area contributed by atoms with Gasteiger partial charge in [0.25, 0.3) is 0 Å². The molecule has 0 spiro atoms. The summed E-state index contributed by atoms with van der Waals surface area (Å²) in [5.41, 5.74) is 2.38. The number of ether oxygens (including phenoxy) is 1. The Bertz CT molecular complexity index is 932. The van der Waals surface area contributed by atoms with Crippen molar-refractivity contribution >= 4 is 20.7 Å². The minimum absolute atomic E-state index is 0.288. The van der Waals surface area contributed by atoms with Gasteiger partial charge >= 0.3 is 0 Å². The van der Waals surface area contributed by atoms with E-state index in [-0.39, 0.29) is 4.90 Å². The molecule has 0 fully saturated rings. The van der Waals surface area contributed by atoms with Crippen molar-refractivity contribution < 1.29 is 13.2 Å². The van der Waals surface area contributed by atoms with Crippen LogP contribution in [0.25, 0.3) is 22.2 Å². The van der Waals surface area contributed by atoms with Crippen LogP contribution in [-0.2, 0) is 9.84 Å². The van der Waals surface area contributed by atoms with Gasteiger partial charge in [0.2, 0.25) is 0 Å². The summed E-state index contributed by atoms with van der Waals surface area (Å²) in [4.78, 5) is 4.92. The fourth-order valence-electron chi connectivity index (χ4n) is 2.32. The van der Waals surface area contributed by atoms with E-state index >= 15 is 0 Å². The third kappa shape index (κ3) is 2.67. The lowest BCUT2D eigenvalue weighted by atomic mass is 10.1. The number of pyridine rings is 1. The molecule has 0 atom stereocenters. The van der Waals surface area contributed by atoms with Gasteiger partial charge in [0, 0.05) is 17.2 Å². The van der Waals surface area contributed by atoms with E-state index in [1.807, 2.05) is 30.3 Å². The van der Waals surface area contributed by atoms with Crippen molar-refractivity contribution in [2.24, 2.45) is 0 Å². The van der Waals surface area contributed by atoms with E-state index in [4.69, 9.17) is 4.74 Å². The lowest BCUT2D eigenvalue weighted by Crippen LogP contribution is -1.97. The number of hydrogen-bond donors (Lipinski definition) is 0. The van der Waals surface area contributed by atoms with Crippen molar-refractivity contribution in [3.05, 3.63) is 54.6 Å². The summed E-state index contributed by atoms with van der Waals surface area (Å²) in [5.74, 6) is 0.658. The minimum atomic E-state index is -3.20. The number of hydrogen-bond acceptors (Lipinski definition) is 4. The third-order valence-electron chi connectivity index (χ3n) is 3.46. The Kier molecular flexibility index (Phi) is 3.58. The minimum Gasteiger partial charge on any atom is -0.494 e. The normalized spacial score (nSPS) is 11.5. The van der Waals surface area contributed by atoms with Crippen LogP contribution in [0.3, 0.4) is 0 Å². The molecule has 3 rings (SSSR count). The van der Waals surface area contributed by atoms with Gasteiger partial charge in [-0.2, -0.15) is 0 Å². The van der Waals surface area contributed by atoms with Gasteiger partial charge in [0.15, 0.2) is 9.84 Å². The number of sulfone groups is 1. The predicted molar refractivity (Wildman–Crippen MR) is 86.8 cm³/mol. The first-order valence-corrected chi connectivity index (χ1v) is 8.62. The molecule has 3 aromatic rings. The molecule has 0 aliphatic rings. The Morgan fingerprint density at radius 1 is 1.00 bits per heavy atom. The quantitative estimate of drug-likeness (QED) is 0.744. The van der Waals surface area contributed by atoms with Gasteiger partial charge in [-0.05, 0) is 24.3 Å². The van der Waals surface area contributed by atoms with Crippen LogP contribution in [0, 0.1) is 0 Å². The van der Waals surface area contributed by atoms with Crippen LogP contribution >= 0.6 is 0 Å². The zero-order valence-electron chi connectivity index (χ0n) is 12.3. The van der Waals surface area contributed by atoms with E-state index in [2.05, 4.69) is 4.98 Å². The first-order valence-electron chi connectivity index (χ1n) is 6.73. The molecule has 1 heterocycles. The highest BCUT2D eigenvalue weighted by Gasteiger charge is 2.12. The number of para-hydroxylation sites is 1. The SMILES string of the molecule is COc1cc2ccccc2nc1-c1ccc(S(C)(=O)=O)cc1. The van der Waals surface area contributed by atoms with Crippen LogP contribution in [0.1, 0.15) is 0 Å². The zero-order chi connectivity index (χ0) is 15.7. The molecule has 0 radical (unpaired) electrons. The summed E-state index contributed by atoms with van der Waals surface area (Å²) in [6, 6.07) is 16.4. The first kappa shape index (κ1) is 14.5. The molecule has 112 valence electrons. The van der Waals surface area contributed by atoms with Crippen molar-refractivity contribution in [3.63, 3.8) is 0 Å². The maximum Gasteiger partial charge on any atom is 0.175 e. The largest absolute Gasteiger partial charge is 0.494 e. The highest BCUT2D eigenvalue weighted by atomic mass is 32.2. The number of methoxy groups -OCH3 is 1. The molecule has 0 N–H and O–H groups in total. The van der Waals surface area contributed by atoms with Crippen LogP contribution in [0.5, 0.6) is 5.75 Å². The first-order chi connectivity index (χ1) is 10.5. The van der Waals surface area contributed by atoms with E-state index in [0.29, 0.717) is 11.4 Å². The third-order valence-corrected chi connectivity index (χ3v) is 4.59. The lowest BCUT2D eigenvalue weighted by molar-refractivity contribution is 0.415. The second kappa shape index (κ2) is 5.42. The maximum absolute atomic E-state index is 11.5. The Morgan fingerprint density at radius 3 is 2.32 bits per heavy atom. The fraction of sp³-hybridized carbons (Fsp3) is 0.118. The monoisotopic (exact) mass is 313 g/mol. The van der Waals surface area contributed by atoms with E-state index in [1.54, 1.807) is 31.4 Å². The van der Waals surface area contributed by atoms with Gasteiger partial charge in [-0.1, -0.05) is 30.3 Å². The average Bonchev–Trinajstić information content (AvgIpc) is 2.53. The molecule has 0 aliphatic carbocycles.